The molecular formula is C15H22N2O3. The fraction of sp³-hybridized carbons (Fsp3) is 0.467. The summed E-state index contributed by atoms with van der Waals surface area (Å²) in [4.78, 5) is 25.2. The second kappa shape index (κ2) is 7.53. The average Bonchev–Trinajstić information content (AvgIpc) is 2.45. The van der Waals surface area contributed by atoms with Gasteiger partial charge in [0, 0.05) is 12.6 Å². The number of amides is 2. The maximum absolute atomic E-state index is 12.2. The lowest BCUT2D eigenvalue weighted by Crippen LogP contribution is -2.47. The van der Waals surface area contributed by atoms with E-state index in [0.717, 1.165) is 6.42 Å². The molecular weight excluding hydrogens is 256 g/mol. The van der Waals surface area contributed by atoms with Crippen molar-refractivity contribution in [3.8, 4) is 0 Å². The van der Waals surface area contributed by atoms with Crippen LogP contribution in [0.15, 0.2) is 30.3 Å². The number of nitrogens with zero attached hydrogens (tertiary/aromatic N) is 1. The lowest BCUT2D eigenvalue weighted by atomic mass is 10.1. The van der Waals surface area contributed by atoms with E-state index in [1.54, 1.807) is 29.2 Å². The fourth-order valence-corrected chi connectivity index (χ4v) is 2.02. The summed E-state index contributed by atoms with van der Waals surface area (Å²) in [5, 5.41) is 11.9. The summed E-state index contributed by atoms with van der Waals surface area (Å²) in [5.74, 6) is -1.07. The first-order chi connectivity index (χ1) is 9.51. The van der Waals surface area contributed by atoms with E-state index in [1.807, 2.05) is 26.8 Å². The Bertz CT molecular complexity index is 448. The van der Waals surface area contributed by atoms with Gasteiger partial charge in [-0.05, 0) is 25.8 Å². The Kier molecular flexibility index (Phi) is 6.03. The van der Waals surface area contributed by atoms with Crippen molar-refractivity contribution < 1.29 is 14.7 Å². The topological polar surface area (TPSA) is 69.6 Å². The van der Waals surface area contributed by atoms with Crippen LogP contribution in [-0.4, -0.2) is 34.6 Å². The molecule has 2 N–H and O–H groups in total. The molecule has 1 aromatic carbocycles. The molecule has 0 saturated heterocycles. The summed E-state index contributed by atoms with van der Waals surface area (Å²) in [6.45, 7) is 6.36. The van der Waals surface area contributed by atoms with Crippen LogP contribution in [-0.2, 0) is 4.79 Å². The lowest BCUT2D eigenvalue weighted by molar-refractivity contribution is -0.139. The van der Waals surface area contributed by atoms with E-state index in [9.17, 15) is 14.7 Å². The minimum absolute atomic E-state index is 0.0743. The highest BCUT2D eigenvalue weighted by molar-refractivity contribution is 5.83. The summed E-state index contributed by atoms with van der Waals surface area (Å²) >= 11 is 0. The number of carbonyl (C=O) groups excluding carboxylic acids is 1. The molecule has 5 nitrogen and oxygen atoms in total. The molecule has 0 bridgehead atoms. The maximum Gasteiger partial charge on any atom is 0.330 e. The molecule has 2 amide bonds. The number of benzene rings is 1. The van der Waals surface area contributed by atoms with Gasteiger partial charge in [0.15, 0.2) is 6.04 Å². The van der Waals surface area contributed by atoms with Crippen LogP contribution in [0.1, 0.15) is 38.8 Å². The summed E-state index contributed by atoms with van der Waals surface area (Å²) in [5.41, 5.74) is 0.563. The number of carboxylic acid groups (broad SMARTS) is 1. The van der Waals surface area contributed by atoms with Crippen LogP contribution in [0.2, 0.25) is 0 Å². The molecule has 2 atom stereocenters. The SMILES string of the molecule is CCC(C)N(CC)C(=O)N[C@H](C(=O)O)c1ccccc1. The molecule has 0 saturated carbocycles. The van der Waals surface area contributed by atoms with Crippen molar-refractivity contribution in [1.82, 2.24) is 10.2 Å². The normalized spacial score (nSPS) is 13.3. The highest BCUT2D eigenvalue weighted by Crippen LogP contribution is 2.14. The quantitative estimate of drug-likeness (QED) is 0.840. The number of nitrogens with one attached hydrogen (secondary N) is 1. The zero-order valence-electron chi connectivity index (χ0n) is 12.2. The smallest absolute Gasteiger partial charge is 0.330 e. The minimum Gasteiger partial charge on any atom is -0.479 e. The molecule has 0 aliphatic carbocycles. The third-order valence-electron chi connectivity index (χ3n) is 3.37. The molecule has 0 heterocycles. The molecule has 0 spiro atoms. The number of hydrogen-bond donors (Lipinski definition) is 2. The van der Waals surface area contributed by atoms with Crippen LogP contribution in [0.25, 0.3) is 0 Å². The van der Waals surface area contributed by atoms with Crippen LogP contribution in [0.4, 0.5) is 4.79 Å². The van der Waals surface area contributed by atoms with E-state index < -0.39 is 12.0 Å². The summed E-state index contributed by atoms with van der Waals surface area (Å²) < 4.78 is 0. The molecule has 0 aliphatic heterocycles. The van der Waals surface area contributed by atoms with Gasteiger partial charge in [0.1, 0.15) is 0 Å². The van der Waals surface area contributed by atoms with Gasteiger partial charge in [0.05, 0.1) is 0 Å². The van der Waals surface area contributed by atoms with Crippen LogP contribution < -0.4 is 5.32 Å². The van der Waals surface area contributed by atoms with Crippen molar-refractivity contribution in [3.63, 3.8) is 0 Å². The maximum atomic E-state index is 12.2. The van der Waals surface area contributed by atoms with Gasteiger partial charge >= 0.3 is 12.0 Å². The van der Waals surface area contributed by atoms with Crippen molar-refractivity contribution >= 4 is 12.0 Å². The van der Waals surface area contributed by atoms with Crippen LogP contribution in [0.5, 0.6) is 0 Å². The number of carbonyl (C=O) groups is 2. The molecule has 1 rings (SSSR count). The van der Waals surface area contributed by atoms with Crippen molar-refractivity contribution in [3.05, 3.63) is 35.9 Å². The summed E-state index contributed by atoms with van der Waals surface area (Å²) in [7, 11) is 0. The number of hydrogen-bond acceptors (Lipinski definition) is 2. The van der Waals surface area contributed by atoms with Gasteiger partial charge in [0.2, 0.25) is 0 Å². The predicted molar refractivity (Wildman–Crippen MR) is 77.5 cm³/mol. The molecule has 1 unspecified atom stereocenters. The van der Waals surface area contributed by atoms with Gasteiger partial charge < -0.3 is 15.3 Å². The van der Waals surface area contributed by atoms with Gasteiger partial charge in [-0.15, -0.1) is 0 Å². The summed E-state index contributed by atoms with van der Waals surface area (Å²) in [6.07, 6.45) is 0.824. The Balaban J connectivity index is 2.86. The first-order valence-electron chi connectivity index (χ1n) is 6.86. The van der Waals surface area contributed by atoms with E-state index >= 15 is 0 Å². The second-order valence-electron chi connectivity index (χ2n) is 4.67. The van der Waals surface area contributed by atoms with Gasteiger partial charge in [-0.3, -0.25) is 0 Å². The van der Waals surface area contributed by atoms with E-state index in [4.69, 9.17) is 0 Å². The first kappa shape index (κ1) is 16.0. The van der Waals surface area contributed by atoms with Crippen molar-refractivity contribution in [1.29, 1.82) is 0 Å². The Labute approximate surface area is 119 Å². The van der Waals surface area contributed by atoms with Gasteiger partial charge in [-0.2, -0.15) is 0 Å². The fourth-order valence-electron chi connectivity index (χ4n) is 2.02. The molecule has 0 fully saturated rings. The van der Waals surface area contributed by atoms with Crippen molar-refractivity contribution in [2.75, 3.05) is 6.54 Å². The van der Waals surface area contributed by atoms with E-state index in [2.05, 4.69) is 5.32 Å². The van der Waals surface area contributed by atoms with Gasteiger partial charge in [-0.25, -0.2) is 9.59 Å². The average molecular weight is 278 g/mol. The zero-order chi connectivity index (χ0) is 15.1. The third-order valence-corrected chi connectivity index (χ3v) is 3.37. The molecule has 0 aliphatic rings. The summed E-state index contributed by atoms with van der Waals surface area (Å²) in [6, 6.07) is 7.40. The largest absolute Gasteiger partial charge is 0.479 e. The highest BCUT2D eigenvalue weighted by atomic mass is 16.4. The minimum atomic E-state index is -1.07. The monoisotopic (exact) mass is 278 g/mol. The predicted octanol–water partition coefficient (Wildman–Crippen LogP) is 2.64. The van der Waals surface area contributed by atoms with Gasteiger partial charge in [0.25, 0.3) is 0 Å². The Morgan fingerprint density at radius 1 is 1.25 bits per heavy atom. The molecule has 20 heavy (non-hydrogen) atoms. The van der Waals surface area contributed by atoms with Crippen molar-refractivity contribution in [2.24, 2.45) is 0 Å². The first-order valence-corrected chi connectivity index (χ1v) is 6.86. The number of urea groups is 1. The molecule has 0 aromatic heterocycles. The zero-order valence-corrected chi connectivity index (χ0v) is 12.2. The van der Waals surface area contributed by atoms with Crippen LogP contribution >= 0.6 is 0 Å². The second-order valence-corrected chi connectivity index (χ2v) is 4.67. The molecule has 1 aromatic rings. The number of carboxylic acids is 1. The standard InChI is InChI=1S/C15H22N2O3/c1-4-11(3)17(5-2)15(20)16-13(14(18)19)12-9-7-6-8-10-12/h6-11,13H,4-5H2,1-3H3,(H,16,20)(H,18,19)/t11?,13-/m0/s1. The van der Waals surface area contributed by atoms with E-state index in [1.165, 1.54) is 0 Å². The van der Waals surface area contributed by atoms with E-state index in [0.29, 0.717) is 12.1 Å². The number of rotatable bonds is 6. The molecule has 0 radical (unpaired) electrons. The number of aliphatic carboxylic acids is 1. The van der Waals surface area contributed by atoms with E-state index in [-0.39, 0.29) is 12.1 Å². The molecule has 110 valence electrons. The van der Waals surface area contributed by atoms with Crippen LogP contribution in [0, 0.1) is 0 Å². The molecule has 5 heteroatoms. The van der Waals surface area contributed by atoms with Gasteiger partial charge in [-0.1, -0.05) is 37.3 Å². The Hall–Kier alpha value is -2.04. The lowest BCUT2D eigenvalue weighted by Gasteiger charge is -2.29. The van der Waals surface area contributed by atoms with Crippen LogP contribution in [0.3, 0.4) is 0 Å². The Morgan fingerprint density at radius 2 is 1.85 bits per heavy atom. The Morgan fingerprint density at radius 3 is 2.30 bits per heavy atom. The highest BCUT2D eigenvalue weighted by Gasteiger charge is 2.25. The van der Waals surface area contributed by atoms with Crippen molar-refractivity contribution in [2.45, 2.75) is 39.3 Å². The third kappa shape index (κ3) is 3.98.